The molecule has 9 nitrogen and oxygen atoms in total. The van der Waals surface area contributed by atoms with Gasteiger partial charge >= 0.3 is 0 Å². The van der Waals surface area contributed by atoms with Crippen LogP contribution in [-0.2, 0) is 7.05 Å². The molecule has 5 rings (SSSR count). The van der Waals surface area contributed by atoms with Gasteiger partial charge in [-0.25, -0.2) is 15.0 Å². The fourth-order valence-electron chi connectivity index (χ4n) is 4.03. The van der Waals surface area contributed by atoms with E-state index >= 15 is 0 Å². The number of aryl methyl sites for hydroxylation is 1. The number of amides is 1. The highest BCUT2D eigenvalue weighted by Gasteiger charge is 2.18. The monoisotopic (exact) mass is 442 g/mol. The first-order valence-electron chi connectivity index (χ1n) is 11.1. The van der Waals surface area contributed by atoms with E-state index in [0.29, 0.717) is 5.56 Å². The first-order chi connectivity index (χ1) is 16.1. The Balaban J connectivity index is 1.33. The fraction of sp³-hybridized carbons (Fsp3) is 0.292. The van der Waals surface area contributed by atoms with Gasteiger partial charge in [0.1, 0.15) is 5.82 Å². The summed E-state index contributed by atoms with van der Waals surface area (Å²) in [6, 6.07) is 9.50. The van der Waals surface area contributed by atoms with Crippen molar-refractivity contribution in [3.05, 3.63) is 60.7 Å². The molecule has 0 saturated carbocycles. The quantitative estimate of drug-likeness (QED) is 0.508. The molecule has 3 aromatic heterocycles. The van der Waals surface area contributed by atoms with Crippen LogP contribution in [0.4, 0.5) is 11.8 Å². The molecule has 168 valence electrons. The Kier molecular flexibility index (Phi) is 5.70. The van der Waals surface area contributed by atoms with Gasteiger partial charge in [0.15, 0.2) is 0 Å². The second-order valence-electron chi connectivity index (χ2n) is 8.15. The van der Waals surface area contributed by atoms with E-state index in [2.05, 4.69) is 42.1 Å². The molecule has 1 fully saturated rings. The Morgan fingerprint density at radius 1 is 1.03 bits per heavy atom. The van der Waals surface area contributed by atoms with E-state index in [1.807, 2.05) is 43.7 Å². The molecule has 9 heteroatoms. The number of nitrogens with one attached hydrogen (secondary N) is 1. The number of carbonyl (C=O) groups excluding carboxylic acids is 1. The van der Waals surface area contributed by atoms with Crippen molar-refractivity contribution in [1.82, 2.24) is 29.6 Å². The third-order valence-electron chi connectivity index (χ3n) is 6.00. The van der Waals surface area contributed by atoms with E-state index in [1.54, 1.807) is 23.1 Å². The van der Waals surface area contributed by atoms with Crippen LogP contribution in [0, 0.1) is 0 Å². The highest BCUT2D eigenvalue weighted by Crippen LogP contribution is 2.23. The number of pyridine rings is 1. The minimum Gasteiger partial charge on any atom is -0.354 e. The van der Waals surface area contributed by atoms with Crippen molar-refractivity contribution in [2.45, 2.75) is 6.92 Å². The summed E-state index contributed by atoms with van der Waals surface area (Å²) in [6.45, 7) is 7.03. The summed E-state index contributed by atoms with van der Waals surface area (Å²) in [7, 11) is 1.88. The summed E-state index contributed by atoms with van der Waals surface area (Å²) in [5, 5.41) is 7.96. The summed E-state index contributed by atoms with van der Waals surface area (Å²) in [6.07, 6.45) is 7.16. The van der Waals surface area contributed by atoms with Gasteiger partial charge in [-0.3, -0.25) is 14.8 Å². The van der Waals surface area contributed by atoms with E-state index in [9.17, 15) is 4.79 Å². The van der Waals surface area contributed by atoms with Gasteiger partial charge in [-0.05, 0) is 30.3 Å². The average Bonchev–Trinajstić information content (AvgIpc) is 3.30. The molecule has 4 heterocycles. The third-order valence-corrected chi connectivity index (χ3v) is 6.00. The lowest BCUT2D eigenvalue weighted by Gasteiger charge is -2.34. The van der Waals surface area contributed by atoms with Gasteiger partial charge in [0.25, 0.3) is 5.91 Å². The molecule has 1 aromatic carbocycles. The molecule has 1 aliphatic heterocycles. The smallest absolute Gasteiger partial charge is 0.258 e. The van der Waals surface area contributed by atoms with E-state index in [4.69, 9.17) is 0 Å². The predicted octanol–water partition coefficient (Wildman–Crippen LogP) is 2.82. The molecular weight excluding hydrogens is 416 g/mol. The van der Waals surface area contributed by atoms with E-state index in [1.165, 1.54) is 0 Å². The lowest BCUT2D eigenvalue weighted by atomic mass is 10.1. The molecule has 0 atom stereocenters. The zero-order valence-electron chi connectivity index (χ0n) is 18.8. The van der Waals surface area contributed by atoms with Crippen LogP contribution in [0.3, 0.4) is 0 Å². The van der Waals surface area contributed by atoms with Crippen molar-refractivity contribution < 1.29 is 4.79 Å². The SMILES string of the molecule is CCN1CCN(c2cc(C(=O)Nc3ncc4ccc(-c5cnn(C)c5)cc4n3)ccn2)CC1. The maximum atomic E-state index is 12.9. The number of aromatic nitrogens is 5. The number of likely N-dealkylation sites (N-methyl/N-ethyl adjacent to an activating group) is 1. The van der Waals surface area contributed by atoms with Crippen LogP contribution >= 0.6 is 0 Å². The zero-order chi connectivity index (χ0) is 22.8. The van der Waals surface area contributed by atoms with Crippen LogP contribution < -0.4 is 10.2 Å². The van der Waals surface area contributed by atoms with Gasteiger partial charge < -0.3 is 9.80 Å². The van der Waals surface area contributed by atoms with Crippen molar-refractivity contribution >= 4 is 28.6 Å². The number of piperazine rings is 1. The number of benzene rings is 1. The van der Waals surface area contributed by atoms with Gasteiger partial charge in [0, 0.05) is 68.3 Å². The van der Waals surface area contributed by atoms with E-state index in [0.717, 1.165) is 60.6 Å². The maximum Gasteiger partial charge on any atom is 0.258 e. The predicted molar refractivity (Wildman–Crippen MR) is 128 cm³/mol. The van der Waals surface area contributed by atoms with E-state index in [-0.39, 0.29) is 11.9 Å². The summed E-state index contributed by atoms with van der Waals surface area (Å²) in [4.78, 5) is 30.9. The second kappa shape index (κ2) is 8.95. The van der Waals surface area contributed by atoms with Crippen molar-refractivity contribution in [3.8, 4) is 11.1 Å². The molecule has 0 spiro atoms. The zero-order valence-corrected chi connectivity index (χ0v) is 18.8. The van der Waals surface area contributed by atoms with Gasteiger partial charge in [-0.2, -0.15) is 5.10 Å². The van der Waals surface area contributed by atoms with Crippen molar-refractivity contribution in [1.29, 1.82) is 0 Å². The summed E-state index contributed by atoms with van der Waals surface area (Å²) in [5.74, 6) is 0.832. The molecule has 4 aromatic rings. The normalized spacial score (nSPS) is 14.5. The van der Waals surface area contributed by atoms with Crippen LogP contribution in [0.25, 0.3) is 22.0 Å². The number of hydrogen-bond donors (Lipinski definition) is 1. The molecular formula is C24H26N8O. The maximum absolute atomic E-state index is 12.9. The minimum absolute atomic E-state index is 0.256. The largest absolute Gasteiger partial charge is 0.354 e. The molecule has 0 unspecified atom stereocenters. The number of rotatable bonds is 5. The van der Waals surface area contributed by atoms with Gasteiger partial charge in [-0.15, -0.1) is 0 Å². The summed E-state index contributed by atoms with van der Waals surface area (Å²) >= 11 is 0. The Morgan fingerprint density at radius 3 is 2.64 bits per heavy atom. The minimum atomic E-state index is -0.256. The molecule has 0 aliphatic carbocycles. The lowest BCUT2D eigenvalue weighted by Crippen LogP contribution is -2.46. The molecule has 0 radical (unpaired) electrons. The first kappa shape index (κ1) is 21.0. The molecule has 1 aliphatic rings. The van der Waals surface area contributed by atoms with Gasteiger partial charge in [-0.1, -0.05) is 19.1 Å². The molecule has 33 heavy (non-hydrogen) atoms. The van der Waals surface area contributed by atoms with Gasteiger partial charge in [0.05, 0.1) is 11.7 Å². The topological polar surface area (TPSA) is 92.1 Å². The van der Waals surface area contributed by atoms with Crippen LogP contribution in [0.15, 0.2) is 55.1 Å². The third kappa shape index (κ3) is 4.54. The number of fused-ring (bicyclic) bond motifs is 1. The molecule has 1 saturated heterocycles. The van der Waals surface area contributed by atoms with Crippen molar-refractivity contribution in [2.24, 2.45) is 7.05 Å². The number of nitrogens with zero attached hydrogens (tertiary/aromatic N) is 7. The number of carbonyl (C=O) groups is 1. The van der Waals surface area contributed by atoms with Crippen LogP contribution in [0.1, 0.15) is 17.3 Å². The Morgan fingerprint density at radius 2 is 1.88 bits per heavy atom. The first-order valence-corrected chi connectivity index (χ1v) is 11.1. The van der Waals surface area contributed by atoms with Gasteiger partial charge in [0.2, 0.25) is 5.95 Å². The summed E-state index contributed by atoms with van der Waals surface area (Å²) in [5.41, 5.74) is 3.30. The van der Waals surface area contributed by atoms with Crippen molar-refractivity contribution in [2.75, 3.05) is 42.9 Å². The standard InChI is InChI=1S/C24H26N8O/c1-3-31-8-10-32(11-9-31)22-13-18(6-7-25-22)23(33)29-24-26-14-19-5-4-17(12-21(19)28-24)20-15-27-30(2)16-20/h4-7,12-16H,3,8-11H2,1-2H3,(H,26,28,29,33). The van der Waals surface area contributed by atoms with Crippen molar-refractivity contribution in [3.63, 3.8) is 0 Å². The Bertz CT molecular complexity index is 1290. The fourth-order valence-corrected chi connectivity index (χ4v) is 4.03. The molecule has 1 amide bonds. The second-order valence-corrected chi connectivity index (χ2v) is 8.15. The number of anilines is 2. The summed E-state index contributed by atoms with van der Waals surface area (Å²) < 4.78 is 1.76. The van der Waals surface area contributed by atoms with Crippen LogP contribution in [-0.4, -0.2) is 68.3 Å². The van der Waals surface area contributed by atoms with Crippen LogP contribution in [0.5, 0.6) is 0 Å². The Labute approximate surface area is 192 Å². The van der Waals surface area contributed by atoms with Crippen LogP contribution in [0.2, 0.25) is 0 Å². The average molecular weight is 443 g/mol. The Hall–Kier alpha value is -3.85. The molecule has 1 N–H and O–H groups in total. The molecule has 0 bridgehead atoms. The number of hydrogen-bond acceptors (Lipinski definition) is 7. The lowest BCUT2D eigenvalue weighted by molar-refractivity contribution is 0.102. The highest BCUT2D eigenvalue weighted by molar-refractivity contribution is 6.04. The van der Waals surface area contributed by atoms with E-state index < -0.39 is 0 Å². The highest BCUT2D eigenvalue weighted by atomic mass is 16.1.